The summed E-state index contributed by atoms with van der Waals surface area (Å²) in [7, 11) is 0. The van der Waals surface area contributed by atoms with Crippen molar-refractivity contribution in [3.63, 3.8) is 0 Å². The van der Waals surface area contributed by atoms with Gasteiger partial charge in [0.1, 0.15) is 6.61 Å². The monoisotopic (exact) mass is 376 g/mol. The van der Waals surface area contributed by atoms with Gasteiger partial charge in [0.2, 0.25) is 6.41 Å². The summed E-state index contributed by atoms with van der Waals surface area (Å²) in [5.41, 5.74) is 9.14. The minimum Gasteiger partial charge on any atom is -0.399 e. The Morgan fingerprint density at radius 2 is 1.82 bits per heavy atom. The van der Waals surface area contributed by atoms with E-state index in [4.69, 9.17) is 10.6 Å². The van der Waals surface area contributed by atoms with Crippen molar-refractivity contribution in [2.24, 2.45) is 0 Å². The zero-order valence-electron chi connectivity index (χ0n) is 15.1. The molecule has 0 saturated carbocycles. The number of nitrogen functional groups attached to an aromatic ring is 1. The van der Waals surface area contributed by atoms with Gasteiger partial charge in [-0.25, -0.2) is 5.06 Å². The van der Waals surface area contributed by atoms with Crippen molar-refractivity contribution in [3.05, 3.63) is 89.7 Å². The van der Waals surface area contributed by atoms with Crippen LogP contribution in [0.5, 0.6) is 0 Å². The average Bonchev–Trinajstić information content (AvgIpc) is 2.74. The number of benzene rings is 2. The third kappa shape index (κ3) is 5.39. The number of hydroxylamine groups is 2. The average molecular weight is 376 g/mol. The van der Waals surface area contributed by atoms with Crippen LogP contribution in [0.1, 0.15) is 21.5 Å². The van der Waals surface area contributed by atoms with Crippen molar-refractivity contribution in [2.75, 3.05) is 11.1 Å². The number of carbonyl (C=O) groups is 2. The van der Waals surface area contributed by atoms with Gasteiger partial charge in [-0.1, -0.05) is 18.2 Å². The molecule has 7 heteroatoms. The topological polar surface area (TPSA) is 97.6 Å². The summed E-state index contributed by atoms with van der Waals surface area (Å²) in [6.45, 7) is 0.512. The molecule has 3 N–H and O–H groups in total. The molecular weight excluding hydrogens is 356 g/mol. The Bertz CT molecular complexity index is 913. The minimum atomic E-state index is -0.226. The van der Waals surface area contributed by atoms with Crippen molar-refractivity contribution in [1.82, 2.24) is 10.0 Å². The minimum absolute atomic E-state index is 0.226. The SMILES string of the molecule is Nc1ccc(NC(=O)c2ccc(CN(C=O)OCc3cccnc3)cc2)cc1. The van der Waals surface area contributed by atoms with Crippen molar-refractivity contribution < 1.29 is 14.4 Å². The maximum absolute atomic E-state index is 12.3. The first kappa shape index (κ1) is 19.1. The van der Waals surface area contributed by atoms with E-state index in [1.807, 2.05) is 6.07 Å². The number of anilines is 2. The van der Waals surface area contributed by atoms with Crippen LogP contribution in [-0.2, 0) is 22.8 Å². The lowest BCUT2D eigenvalue weighted by Crippen LogP contribution is -2.21. The van der Waals surface area contributed by atoms with Gasteiger partial charge in [0, 0.05) is 29.3 Å². The molecule has 0 bridgehead atoms. The van der Waals surface area contributed by atoms with Crippen LogP contribution in [0.3, 0.4) is 0 Å². The third-order valence-corrected chi connectivity index (χ3v) is 3.96. The molecule has 0 aliphatic rings. The van der Waals surface area contributed by atoms with Gasteiger partial charge in [0.15, 0.2) is 0 Å². The maximum atomic E-state index is 12.3. The molecule has 0 aliphatic carbocycles. The highest BCUT2D eigenvalue weighted by Gasteiger charge is 2.08. The summed E-state index contributed by atoms with van der Waals surface area (Å²) in [6.07, 6.45) is 3.97. The van der Waals surface area contributed by atoms with Gasteiger partial charge in [0.05, 0.1) is 6.54 Å². The van der Waals surface area contributed by atoms with Crippen LogP contribution in [0.2, 0.25) is 0 Å². The Balaban J connectivity index is 1.55. The highest BCUT2D eigenvalue weighted by molar-refractivity contribution is 6.04. The molecule has 0 radical (unpaired) electrons. The first-order valence-corrected chi connectivity index (χ1v) is 8.63. The van der Waals surface area contributed by atoms with E-state index in [1.54, 1.807) is 67.0 Å². The predicted octanol–water partition coefficient (Wildman–Crippen LogP) is 3.01. The van der Waals surface area contributed by atoms with Crippen molar-refractivity contribution >= 4 is 23.7 Å². The second-order valence-corrected chi connectivity index (χ2v) is 6.09. The van der Waals surface area contributed by atoms with Gasteiger partial charge < -0.3 is 11.1 Å². The molecule has 0 aliphatic heterocycles. The van der Waals surface area contributed by atoms with E-state index in [2.05, 4.69) is 10.3 Å². The van der Waals surface area contributed by atoms with E-state index in [0.29, 0.717) is 23.3 Å². The molecule has 1 heterocycles. The van der Waals surface area contributed by atoms with E-state index in [-0.39, 0.29) is 19.1 Å². The van der Waals surface area contributed by atoms with E-state index < -0.39 is 0 Å². The van der Waals surface area contributed by atoms with E-state index in [1.165, 1.54) is 5.06 Å². The largest absolute Gasteiger partial charge is 0.399 e. The summed E-state index contributed by atoms with van der Waals surface area (Å²) >= 11 is 0. The number of pyridine rings is 1. The van der Waals surface area contributed by atoms with Crippen molar-refractivity contribution in [2.45, 2.75) is 13.2 Å². The summed E-state index contributed by atoms with van der Waals surface area (Å²) in [6, 6.07) is 17.5. The number of carbonyl (C=O) groups excluding carboxylic acids is 2. The smallest absolute Gasteiger partial charge is 0.255 e. The second-order valence-electron chi connectivity index (χ2n) is 6.09. The number of hydrogen-bond donors (Lipinski definition) is 2. The molecule has 0 unspecified atom stereocenters. The number of nitrogens with one attached hydrogen (secondary N) is 1. The highest BCUT2D eigenvalue weighted by atomic mass is 16.7. The van der Waals surface area contributed by atoms with Crippen LogP contribution in [0, 0.1) is 0 Å². The van der Waals surface area contributed by atoms with Crippen LogP contribution >= 0.6 is 0 Å². The number of rotatable bonds is 8. The molecule has 3 aromatic rings. The number of amides is 2. The molecule has 7 nitrogen and oxygen atoms in total. The van der Waals surface area contributed by atoms with E-state index in [9.17, 15) is 9.59 Å². The number of aromatic nitrogens is 1. The van der Waals surface area contributed by atoms with Crippen LogP contribution in [-0.4, -0.2) is 22.4 Å². The molecule has 142 valence electrons. The third-order valence-electron chi connectivity index (χ3n) is 3.96. The van der Waals surface area contributed by atoms with Crippen molar-refractivity contribution in [1.29, 1.82) is 0 Å². The van der Waals surface area contributed by atoms with E-state index >= 15 is 0 Å². The van der Waals surface area contributed by atoms with E-state index in [0.717, 1.165) is 11.1 Å². The van der Waals surface area contributed by atoms with Gasteiger partial charge in [-0.05, 0) is 53.6 Å². The molecule has 1 aromatic heterocycles. The summed E-state index contributed by atoms with van der Waals surface area (Å²) in [5.74, 6) is -0.226. The normalized spacial score (nSPS) is 10.3. The summed E-state index contributed by atoms with van der Waals surface area (Å²) in [5, 5.41) is 4.01. The molecule has 3 rings (SSSR count). The highest BCUT2D eigenvalue weighted by Crippen LogP contribution is 2.13. The number of nitrogens with zero attached hydrogens (tertiary/aromatic N) is 2. The number of hydrogen-bond acceptors (Lipinski definition) is 5. The van der Waals surface area contributed by atoms with Gasteiger partial charge >= 0.3 is 0 Å². The molecular formula is C21H20N4O3. The maximum Gasteiger partial charge on any atom is 0.255 e. The van der Waals surface area contributed by atoms with Crippen LogP contribution in [0.4, 0.5) is 11.4 Å². The van der Waals surface area contributed by atoms with Crippen LogP contribution in [0.15, 0.2) is 73.1 Å². The Labute approximate surface area is 162 Å². The van der Waals surface area contributed by atoms with Gasteiger partial charge in [-0.15, -0.1) is 0 Å². The fourth-order valence-corrected chi connectivity index (χ4v) is 2.47. The fraction of sp³-hybridized carbons (Fsp3) is 0.0952. The predicted molar refractivity (Wildman–Crippen MR) is 106 cm³/mol. The first-order valence-electron chi connectivity index (χ1n) is 8.63. The lowest BCUT2D eigenvalue weighted by molar-refractivity contribution is -0.181. The molecule has 0 fully saturated rings. The second kappa shape index (κ2) is 9.29. The van der Waals surface area contributed by atoms with Crippen molar-refractivity contribution in [3.8, 4) is 0 Å². The Hall–Kier alpha value is -3.71. The Morgan fingerprint density at radius 1 is 1.07 bits per heavy atom. The molecule has 2 aromatic carbocycles. The first-order chi connectivity index (χ1) is 13.6. The molecule has 0 spiro atoms. The standard InChI is InChI=1S/C21H20N4O3/c22-19-7-9-20(10-8-19)24-21(27)18-5-3-16(4-6-18)13-25(15-26)28-14-17-2-1-11-23-12-17/h1-12,15H,13-14,22H2,(H,24,27). The number of nitrogens with two attached hydrogens (primary N) is 1. The molecule has 0 saturated heterocycles. The lowest BCUT2D eigenvalue weighted by Gasteiger charge is -2.17. The van der Waals surface area contributed by atoms with Gasteiger partial charge in [0.25, 0.3) is 5.91 Å². The fourth-order valence-electron chi connectivity index (χ4n) is 2.47. The van der Waals surface area contributed by atoms with Crippen LogP contribution in [0.25, 0.3) is 0 Å². The molecule has 0 atom stereocenters. The zero-order valence-corrected chi connectivity index (χ0v) is 15.1. The zero-order chi connectivity index (χ0) is 19.8. The summed E-state index contributed by atoms with van der Waals surface area (Å²) < 4.78 is 0. The Morgan fingerprint density at radius 3 is 2.46 bits per heavy atom. The van der Waals surface area contributed by atoms with Gasteiger partial charge in [-0.2, -0.15) is 0 Å². The lowest BCUT2D eigenvalue weighted by atomic mass is 10.1. The quantitative estimate of drug-likeness (QED) is 0.358. The van der Waals surface area contributed by atoms with Crippen LogP contribution < -0.4 is 11.1 Å². The van der Waals surface area contributed by atoms with Gasteiger partial charge in [-0.3, -0.25) is 19.4 Å². The Kier molecular flexibility index (Phi) is 6.33. The molecule has 2 amide bonds. The summed E-state index contributed by atoms with van der Waals surface area (Å²) in [4.78, 5) is 33.0. The molecule has 28 heavy (non-hydrogen) atoms.